The predicted molar refractivity (Wildman–Crippen MR) is 72.4 cm³/mol. The Morgan fingerprint density at radius 2 is 1.78 bits per heavy atom. The van der Waals surface area contributed by atoms with E-state index in [4.69, 9.17) is 0 Å². The second-order valence-corrected chi connectivity index (χ2v) is 7.37. The number of aliphatic hydroxyl groups excluding tert-OH is 1. The smallest absolute Gasteiger partial charge is 0.276 e. The monoisotopic (exact) mass is 278 g/mol. The van der Waals surface area contributed by atoms with Crippen LogP contribution in [0.4, 0.5) is 0 Å². The lowest BCUT2D eigenvalue weighted by atomic mass is 9.75. The van der Waals surface area contributed by atoms with E-state index in [0.717, 1.165) is 25.7 Å². The van der Waals surface area contributed by atoms with Gasteiger partial charge in [-0.25, -0.2) is 9.44 Å². The highest BCUT2D eigenvalue weighted by atomic mass is 32.2. The van der Waals surface area contributed by atoms with Crippen LogP contribution in [0, 0.1) is 11.3 Å². The van der Waals surface area contributed by atoms with Gasteiger partial charge in [-0.1, -0.05) is 33.1 Å². The minimum Gasteiger partial charge on any atom is -0.396 e. The average molecular weight is 278 g/mol. The van der Waals surface area contributed by atoms with Gasteiger partial charge in [-0.2, -0.15) is 8.42 Å². The first kappa shape index (κ1) is 15.9. The van der Waals surface area contributed by atoms with E-state index in [1.54, 1.807) is 0 Å². The predicted octanol–water partition coefficient (Wildman–Crippen LogP) is 1.01. The van der Waals surface area contributed by atoms with Crippen LogP contribution in [0.25, 0.3) is 0 Å². The molecular weight excluding hydrogens is 252 g/mol. The van der Waals surface area contributed by atoms with Crippen LogP contribution >= 0.6 is 0 Å². The highest BCUT2D eigenvalue weighted by Gasteiger charge is 2.32. The van der Waals surface area contributed by atoms with Gasteiger partial charge in [0, 0.05) is 25.1 Å². The Labute approximate surface area is 111 Å². The Morgan fingerprint density at radius 3 is 2.28 bits per heavy atom. The van der Waals surface area contributed by atoms with Gasteiger partial charge >= 0.3 is 0 Å². The number of hydrogen-bond donors (Lipinski definition) is 3. The molecule has 3 N–H and O–H groups in total. The molecule has 0 aromatic carbocycles. The zero-order valence-corrected chi connectivity index (χ0v) is 12.2. The molecular formula is C12H26N2O3S. The minimum absolute atomic E-state index is 0.0553. The fourth-order valence-electron chi connectivity index (χ4n) is 2.27. The van der Waals surface area contributed by atoms with Crippen LogP contribution in [0.3, 0.4) is 0 Å². The molecule has 0 amide bonds. The van der Waals surface area contributed by atoms with E-state index in [1.807, 2.05) is 13.8 Å². The summed E-state index contributed by atoms with van der Waals surface area (Å²) in [6.45, 7) is 4.73. The SMILES string of the molecule is CC(C)CNS(=O)(=O)NCC1(CO)CCCCC1. The Hall–Kier alpha value is -0.170. The maximum absolute atomic E-state index is 11.7. The highest BCUT2D eigenvalue weighted by molar-refractivity contribution is 7.87. The van der Waals surface area contributed by atoms with Crippen molar-refractivity contribution in [1.82, 2.24) is 9.44 Å². The molecule has 0 aromatic rings. The lowest BCUT2D eigenvalue weighted by Crippen LogP contribution is -2.46. The van der Waals surface area contributed by atoms with Gasteiger partial charge < -0.3 is 5.11 Å². The van der Waals surface area contributed by atoms with Crippen LogP contribution in [-0.2, 0) is 10.2 Å². The second-order valence-electron chi connectivity index (χ2n) is 5.79. The quantitative estimate of drug-likeness (QED) is 0.650. The van der Waals surface area contributed by atoms with Crippen molar-refractivity contribution < 1.29 is 13.5 Å². The molecule has 1 saturated carbocycles. The van der Waals surface area contributed by atoms with Crippen LogP contribution in [0.2, 0.25) is 0 Å². The Bertz CT molecular complexity index is 335. The molecule has 1 rings (SSSR count). The maximum atomic E-state index is 11.7. The Balaban J connectivity index is 2.46. The van der Waals surface area contributed by atoms with Crippen molar-refractivity contribution in [1.29, 1.82) is 0 Å². The highest BCUT2D eigenvalue weighted by Crippen LogP contribution is 2.35. The molecule has 0 saturated heterocycles. The van der Waals surface area contributed by atoms with E-state index in [1.165, 1.54) is 6.42 Å². The number of rotatable bonds is 7. The van der Waals surface area contributed by atoms with Gasteiger partial charge in [0.15, 0.2) is 0 Å². The van der Waals surface area contributed by atoms with E-state index >= 15 is 0 Å². The maximum Gasteiger partial charge on any atom is 0.276 e. The molecule has 0 unspecified atom stereocenters. The molecule has 1 fully saturated rings. The van der Waals surface area contributed by atoms with Crippen molar-refractivity contribution in [3.63, 3.8) is 0 Å². The third-order valence-electron chi connectivity index (χ3n) is 3.57. The minimum atomic E-state index is -3.44. The molecule has 1 aliphatic rings. The lowest BCUT2D eigenvalue weighted by molar-refractivity contribution is 0.0866. The Kier molecular flexibility index (Phi) is 6.04. The van der Waals surface area contributed by atoms with E-state index in [9.17, 15) is 13.5 Å². The van der Waals surface area contributed by atoms with Gasteiger partial charge in [0.2, 0.25) is 0 Å². The molecule has 5 nitrogen and oxygen atoms in total. The molecule has 108 valence electrons. The summed E-state index contributed by atoms with van der Waals surface area (Å²) >= 11 is 0. The van der Waals surface area contributed by atoms with Gasteiger partial charge in [0.05, 0.1) is 0 Å². The molecule has 6 heteroatoms. The van der Waals surface area contributed by atoms with Gasteiger partial charge in [0.1, 0.15) is 0 Å². The average Bonchev–Trinajstić information content (AvgIpc) is 2.36. The van der Waals surface area contributed by atoms with E-state index in [0.29, 0.717) is 13.1 Å². The van der Waals surface area contributed by atoms with Gasteiger partial charge in [-0.05, 0) is 18.8 Å². The lowest BCUT2D eigenvalue weighted by Gasteiger charge is -2.35. The largest absolute Gasteiger partial charge is 0.396 e. The molecule has 0 radical (unpaired) electrons. The van der Waals surface area contributed by atoms with E-state index in [2.05, 4.69) is 9.44 Å². The fraction of sp³-hybridized carbons (Fsp3) is 1.00. The molecule has 0 aliphatic heterocycles. The molecule has 0 aromatic heterocycles. The summed E-state index contributed by atoms with van der Waals surface area (Å²) in [4.78, 5) is 0. The van der Waals surface area contributed by atoms with Crippen LogP contribution in [0.15, 0.2) is 0 Å². The first-order chi connectivity index (χ1) is 8.39. The summed E-state index contributed by atoms with van der Waals surface area (Å²) in [7, 11) is -3.44. The zero-order valence-electron chi connectivity index (χ0n) is 11.4. The van der Waals surface area contributed by atoms with Crippen LogP contribution in [0.1, 0.15) is 46.0 Å². The summed E-state index contributed by atoms with van der Waals surface area (Å²) in [5.74, 6) is 0.281. The first-order valence-electron chi connectivity index (χ1n) is 6.74. The standard InChI is InChI=1S/C12H26N2O3S/c1-11(2)8-13-18(16,17)14-9-12(10-15)6-4-3-5-7-12/h11,13-15H,3-10H2,1-2H3. The summed E-state index contributed by atoms with van der Waals surface area (Å²) in [6, 6.07) is 0. The van der Waals surface area contributed by atoms with Crippen molar-refractivity contribution in [3.8, 4) is 0 Å². The van der Waals surface area contributed by atoms with Gasteiger partial charge in [-0.15, -0.1) is 0 Å². The molecule has 0 spiro atoms. The molecule has 1 aliphatic carbocycles. The fourth-order valence-corrected chi connectivity index (χ4v) is 3.42. The first-order valence-corrected chi connectivity index (χ1v) is 8.23. The normalized spacial score (nSPS) is 20.2. The van der Waals surface area contributed by atoms with Crippen molar-refractivity contribution in [3.05, 3.63) is 0 Å². The molecule has 18 heavy (non-hydrogen) atoms. The van der Waals surface area contributed by atoms with Gasteiger partial charge in [0.25, 0.3) is 10.2 Å². The van der Waals surface area contributed by atoms with Crippen molar-refractivity contribution in [2.45, 2.75) is 46.0 Å². The van der Waals surface area contributed by atoms with Crippen LogP contribution < -0.4 is 9.44 Å². The van der Waals surface area contributed by atoms with Gasteiger partial charge in [-0.3, -0.25) is 0 Å². The summed E-state index contributed by atoms with van der Waals surface area (Å²) < 4.78 is 28.6. The third kappa shape index (κ3) is 5.22. The van der Waals surface area contributed by atoms with E-state index < -0.39 is 10.2 Å². The summed E-state index contributed by atoms with van der Waals surface area (Å²) in [6.07, 6.45) is 5.12. The van der Waals surface area contributed by atoms with Crippen LogP contribution in [-0.4, -0.2) is 33.2 Å². The zero-order chi connectivity index (χ0) is 13.6. The van der Waals surface area contributed by atoms with Crippen molar-refractivity contribution >= 4 is 10.2 Å². The topological polar surface area (TPSA) is 78.4 Å². The van der Waals surface area contributed by atoms with Crippen molar-refractivity contribution in [2.75, 3.05) is 19.7 Å². The Morgan fingerprint density at radius 1 is 1.17 bits per heavy atom. The number of aliphatic hydroxyl groups is 1. The molecule has 0 bridgehead atoms. The second kappa shape index (κ2) is 6.84. The molecule has 0 atom stereocenters. The number of hydrogen-bond acceptors (Lipinski definition) is 3. The van der Waals surface area contributed by atoms with E-state index in [-0.39, 0.29) is 17.9 Å². The summed E-state index contributed by atoms with van der Waals surface area (Å²) in [5.41, 5.74) is -0.259. The molecule has 0 heterocycles. The van der Waals surface area contributed by atoms with Crippen LogP contribution in [0.5, 0.6) is 0 Å². The van der Waals surface area contributed by atoms with Crippen molar-refractivity contribution in [2.24, 2.45) is 11.3 Å². The summed E-state index contributed by atoms with van der Waals surface area (Å²) in [5, 5.41) is 9.50. The third-order valence-corrected chi connectivity index (χ3v) is 4.64. The number of nitrogens with one attached hydrogen (secondary N) is 2.